The zero-order valence-electron chi connectivity index (χ0n) is 4.71. The van der Waals surface area contributed by atoms with Gasteiger partial charge < -0.3 is 5.11 Å². The average Bonchev–Trinajstić information content (AvgIpc) is 1.36. The van der Waals surface area contributed by atoms with E-state index in [0.29, 0.717) is 18.6 Å². The van der Waals surface area contributed by atoms with Gasteiger partial charge in [0.1, 0.15) is 0 Å². The number of hydrogen-bond acceptors (Lipinski definition) is 2. The summed E-state index contributed by atoms with van der Waals surface area (Å²) in [5.74, 6) is 0. The van der Waals surface area contributed by atoms with Crippen LogP contribution in [0.2, 0.25) is 0 Å². The molecule has 0 unspecified atom stereocenters. The van der Waals surface area contributed by atoms with Crippen LogP contribution in [0.25, 0.3) is 0 Å². The third-order valence-electron chi connectivity index (χ3n) is 0. The second kappa shape index (κ2) is 4.55. The van der Waals surface area contributed by atoms with Crippen molar-refractivity contribution in [1.82, 2.24) is 0 Å². The van der Waals surface area contributed by atoms with Crippen molar-refractivity contribution in [3.05, 3.63) is 0 Å². The van der Waals surface area contributed by atoms with Gasteiger partial charge in [0, 0.05) is 0 Å². The van der Waals surface area contributed by atoms with Crippen LogP contribution >= 0.6 is 0 Å². The summed E-state index contributed by atoms with van der Waals surface area (Å²) in [4.78, 5) is 0. The van der Waals surface area contributed by atoms with Crippen LogP contribution in [0.3, 0.4) is 0 Å². The van der Waals surface area contributed by atoms with Crippen LogP contribution in [0.5, 0.6) is 0 Å². The molecule has 0 bridgehead atoms. The van der Waals surface area contributed by atoms with Crippen molar-refractivity contribution >= 4 is 0 Å². The van der Waals surface area contributed by atoms with Crippen molar-refractivity contribution in [2.75, 3.05) is 0 Å². The predicted octanol–water partition coefficient (Wildman–Crippen LogP) is 0.656. The van der Waals surface area contributed by atoms with Gasteiger partial charge in [0.15, 0.2) is 0 Å². The Balaban J connectivity index is 0. The van der Waals surface area contributed by atoms with E-state index in [1.807, 2.05) is 0 Å². The molecule has 0 heterocycles. The first-order valence-corrected chi connectivity index (χ1v) is 2.91. The summed E-state index contributed by atoms with van der Waals surface area (Å²) < 4.78 is 8.28. The van der Waals surface area contributed by atoms with Crippen molar-refractivity contribution in [3.63, 3.8) is 0 Å². The summed E-state index contributed by atoms with van der Waals surface area (Å²) in [6.45, 7) is 5.23. The summed E-state index contributed by atoms with van der Waals surface area (Å²) in [5.41, 5.74) is -0.500. The van der Waals surface area contributed by atoms with E-state index in [4.69, 9.17) is 8.65 Å². The number of aliphatic hydroxyl groups is 1. The van der Waals surface area contributed by atoms with Crippen molar-refractivity contribution in [2.45, 2.75) is 26.4 Å². The van der Waals surface area contributed by atoms with Crippen molar-refractivity contribution in [2.24, 2.45) is 0 Å². The summed E-state index contributed by atoms with van der Waals surface area (Å²) in [7, 11) is 0. The van der Waals surface area contributed by atoms with Gasteiger partial charge in [0.25, 0.3) is 0 Å². The molecule has 0 radical (unpaired) electrons. The van der Waals surface area contributed by atoms with Crippen LogP contribution in [0.4, 0.5) is 0 Å². The molecule has 0 atom stereocenters. The fourth-order valence-corrected chi connectivity index (χ4v) is 0. The van der Waals surface area contributed by atoms with Gasteiger partial charge in [-0.2, -0.15) is 0 Å². The van der Waals surface area contributed by atoms with E-state index in [-0.39, 0.29) is 0 Å². The molecule has 0 aliphatic rings. The van der Waals surface area contributed by atoms with Gasteiger partial charge in [0.05, 0.1) is 5.60 Å². The summed E-state index contributed by atoms with van der Waals surface area (Å²) in [6, 6.07) is 0. The Hall–Kier alpha value is 0.396. The maximum atomic E-state index is 8.52. The molecule has 7 heavy (non-hydrogen) atoms. The molecule has 0 aliphatic heterocycles. The second-order valence-electron chi connectivity index (χ2n) is 2.17. The average molecular weight is 280 g/mol. The molecule has 0 amide bonds. The molecular weight excluding hydrogens is 270 g/mol. The topological polar surface area (TPSA) is 37.3 Å². The van der Waals surface area contributed by atoms with E-state index in [1.165, 1.54) is 0 Å². The Morgan fingerprint density at radius 3 is 1.29 bits per heavy atom. The van der Waals surface area contributed by atoms with Crippen LogP contribution in [0.1, 0.15) is 20.8 Å². The Labute approximate surface area is 54.1 Å². The Bertz CT molecular complexity index is 33.4. The Kier molecular flexibility index (Phi) is 6.76. The molecule has 3 heteroatoms. The Morgan fingerprint density at radius 2 is 1.29 bits per heavy atom. The van der Waals surface area contributed by atoms with E-state index in [9.17, 15) is 0 Å². The molecule has 0 saturated carbocycles. The minimum absolute atomic E-state index is 0.500. The fourth-order valence-electron chi connectivity index (χ4n) is 0. The van der Waals surface area contributed by atoms with Gasteiger partial charge in [-0.15, -0.1) is 0 Å². The molecule has 46 valence electrons. The third kappa shape index (κ3) is 787. The van der Waals surface area contributed by atoms with Crippen molar-refractivity contribution in [1.29, 1.82) is 0 Å². The van der Waals surface area contributed by atoms with Crippen LogP contribution in [0, 0.1) is 0 Å². The minimum atomic E-state index is -0.500. The first-order valence-electron chi connectivity index (χ1n) is 1.87. The van der Waals surface area contributed by atoms with Gasteiger partial charge in [-0.1, -0.05) is 0 Å². The van der Waals surface area contributed by atoms with Gasteiger partial charge in [-0.3, -0.25) is 0 Å². The van der Waals surface area contributed by atoms with Gasteiger partial charge in [-0.05, 0) is 20.8 Å². The summed E-state index contributed by atoms with van der Waals surface area (Å²) >= 11 is 0.611. The SMILES string of the molecule is CC(C)(C)O.[O]=[Os]. The molecule has 0 aliphatic carbocycles. The maximum absolute atomic E-state index is 8.52. The van der Waals surface area contributed by atoms with Crippen molar-refractivity contribution < 1.29 is 27.2 Å². The first kappa shape index (κ1) is 10.4. The molecular formula is C4H10O2Os. The zero-order chi connectivity index (χ0) is 6.50. The van der Waals surface area contributed by atoms with E-state index in [0.717, 1.165) is 0 Å². The van der Waals surface area contributed by atoms with Gasteiger partial charge in [0.2, 0.25) is 0 Å². The van der Waals surface area contributed by atoms with E-state index in [1.54, 1.807) is 20.8 Å². The fraction of sp³-hybridized carbons (Fsp3) is 1.00. The van der Waals surface area contributed by atoms with Gasteiger partial charge >= 0.3 is 22.1 Å². The normalized spacial score (nSPS) is 9.29. The van der Waals surface area contributed by atoms with E-state index < -0.39 is 5.60 Å². The molecule has 0 spiro atoms. The predicted molar refractivity (Wildman–Crippen MR) is 22.7 cm³/mol. The summed E-state index contributed by atoms with van der Waals surface area (Å²) in [5, 5.41) is 8.52. The zero-order valence-corrected chi connectivity index (χ0v) is 7.25. The van der Waals surface area contributed by atoms with Gasteiger partial charge in [-0.25, -0.2) is 0 Å². The molecule has 0 rings (SSSR count). The van der Waals surface area contributed by atoms with E-state index >= 15 is 0 Å². The Morgan fingerprint density at radius 1 is 1.29 bits per heavy atom. The molecule has 0 aromatic rings. The number of hydrogen-bond donors (Lipinski definition) is 1. The monoisotopic (exact) mass is 282 g/mol. The molecule has 0 saturated heterocycles. The molecule has 1 N–H and O–H groups in total. The molecule has 0 fully saturated rings. The van der Waals surface area contributed by atoms with Crippen LogP contribution in [-0.4, -0.2) is 10.7 Å². The molecule has 2 nitrogen and oxygen atoms in total. The molecule has 0 aromatic heterocycles. The standard InChI is InChI=1S/C4H10O.O.Os/c1-4(2,3)5;;/h5H,1-3H3;;. The number of rotatable bonds is 0. The first-order chi connectivity index (χ1) is 3.00. The van der Waals surface area contributed by atoms with E-state index in [2.05, 4.69) is 0 Å². The third-order valence-corrected chi connectivity index (χ3v) is 0. The summed E-state index contributed by atoms with van der Waals surface area (Å²) in [6.07, 6.45) is 0. The van der Waals surface area contributed by atoms with Crippen LogP contribution in [0.15, 0.2) is 0 Å². The van der Waals surface area contributed by atoms with Crippen LogP contribution < -0.4 is 0 Å². The quantitative estimate of drug-likeness (QED) is 0.707. The molecule has 0 aromatic carbocycles. The second-order valence-corrected chi connectivity index (χ2v) is 2.17. The van der Waals surface area contributed by atoms with Crippen LogP contribution in [-0.2, 0) is 22.1 Å². The van der Waals surface area contributed by atoms with Crippen molar-refractivity contribution in [3.8, 4) is 0 Å².